The molecule has 0 saturated carbocycles. The number of nitrogens with zero attached hydrogens (tertiary/aromatic N) is 2. The van der Waals surface area contributed by atoms with Gasteiger partial charge in [0.2, 0.25) is 0 Å². The standard InChI is InChI=1S/C37H34N2/c1-36(2)27-14-7-10-19-33(27)39-34-21-20-26(23-30(34)37(3,4)29-16-11-15-28(36)35(29)39)38-31-17-8-5-12-24(31)22-25-13-6-9-18-32(25)38/h5,7-12,14-21,23H,6,13,22H2,1-4H3. The van der Waals surface area contributed by atoms with Crippen LogP contribution in [-0.4, -0.2) is 0 Å². The summed E-state index contributed by atoms with van der Waals surface area (Å²) in [6.45, 7) is 9.57. The van der Waals surface area contributed by atoms with E-state index in [0.717, 1.165) is 19.3 Å². The predicted octanol–water partition coefficient (Wildman–Crippen LogP) is 9.73. The molecule has 3 aliphatic heterocycles. The fourth-order valence-corrected chi connectivity index (χ4v) is 7.64. The lowest BCUT2D eigenvalue weighted by atomic mass is 9.66. The lowest BCUT2D eigenvalue weighted by Crippen LogP contribution is -2.38. The van der Waals surface area contributed by atoms with Crippen LogP contribution in [0.25, 0.3) is 0 Å². The summed E-state index contributed by atoms with van der Waals surface area (Å²) < 4.78 is 0. The van der Waals surface area contributed by atoms with Crippen molar-refractivity contribution < 1.29 is 0 Å². The molecule has 8 rings (SSSR count). The lowest BCUT2D eigenvalue weighted by Gasteiger charge is -2.49. The molecule has 0 N–H and O–H groups in total. The maximum atomic E-state index is 2.55. The normalized spacial score (nSPS) is 19.1. The predicted molar refractivity (Wildman–Crippen MR) is 163 cm³/mol. The highest BCUT2D eigenvalue weighted by Crippen LogP contribution is 2.60. The van der Waals surface area contributed by atoms with Crippen molar-refractivity contribution >= 4 is 28.4 Å². The molecule has 0 bridgehead atoms. The largest absolute Gasteiger partial charge is 0.310 e. The minimum absolute atomic E-state index is 0.0559. The molecule has 39 heavy (non-hydrogen) atoms. The van der Waals surface area contributed by atoms with Crippen molar-refractivity contribution in [1.29, 1.82) is 0 Å². The van der Waals surface area contributed by atoms with Gasteiger partial charge in [0.1, 0.15) is 0 Å². The summed E-state index contributed by atoms with van der Waals surface area (Å²) in [6.07, 6.45) is 8.02. The van der Waals surface area contributed by atoms with Gasteiger partial charge in [-0.25, -0.2) is 0 Å². The van der Waals surface area contributed by atoms with Crippen LogP contribution in [0.5, 0.6) is 0 Å². The Labute approximate surface area is 231 Å². The zero-order chi connectivity index (χ0) is 26.5. The smallest absolute Gasteiger partial charge is 0.0543 e. The van der Waals surface area contributed by atoms with E-state index in [1.54, 1.807) is 5.57 Å². The quantitative estimate of drug-likeness (QED) is 0.253. The van der Waals surface area contributed by atoms with Crippen molar-refractivity contribution in [2.75, 3.05) is 9.80 Å². The molecular weight excluding hydrogens is 472 g/mol. The molecular formula is C37H34N2. The summed E-state index contributed by atoms with van der Waals surface area (Å²) in [5, 5.41) is 0. The van der Waals surface area contributed by atoms with Crippen molar-refractivity contribution in [2.45, 2.75) is 57.8 Å². The number of hydrogen-bond acceptors (Lipinski definition) is 2. The van der Waals surface area contributed by atoms with Crippen LogP contribution < -0.4 is 9.80 Å². The first kappa shape index (κ1) is 22.9. The van der Waals surface area contributed by atoms with Crippen LogP contribution in [0.2, 0.25) is 0 Å². The highest BCUT2D eigenvalue weighted by atomic mass is 15.2. The molecule has 4 aliphatic rings. The Morgan fingerprint density at radius 3 is 2.10 bits per heavy atom. The molecule has 1 aliphatic carbocycles. The van der Waals surface area contributed by atoms with E-state index < -0.39 is 0 Å². The third kappa shape index (κ3) is 2.98. The van der Waals surface area contributed by atoms with Gasteiger partial charge in [0.25, 0.3) is 0 Å². The monoisotopic (exact) mass is 506 g/mol. The van der Waals surface area contributed by atoms with Crippen molar-refractivity contribution in [1.82, 2.24) is 0 Å². The molecule has 0 amide bonds. The SMILES string of the molecule is CC1(C)c2ccccc2N2c3ccc(N4C5=C(CCC=C5)Cc5ccccc54)cc3C(C)(C)c3cccc1c32. The van der Waals surface area contributed by atoms with Gasteiger partial charge in [0.15, 0.2) is 0 Å². The molecule has 2 nitrogen and oxygen atoms in total. The van der Waals surface area contributed by atoms with Gasteiger partial charge in [-0.05, 0) is 89.1 Å². The third-order valence-corrected chi connectivity index (χ3v) is 9.71. The summed E-state index contributed by atoms with van der Waals surface area (Å²) in [7, 11) is 0. The lowest BCUT2D eigenvalue weighted by molar-refractivity contribution is 0.597. The number of anilines is 5. The number of hydrogen-bond donors (Lipinski definition) is 0. The van der Waals surface area contributed by atoms with Gasteiger partial charge < -0.3 is 9.80 Å². The zero-order valence-electron chi connectivity index (χ0n) is 23.3. The average molecular weight is 507 g/mol. The highest BCUT2D eigenvalue weighted by molar-refractivity contribution is 5.93. The van der Waals surface area contributed by atoms with E-state index in [1.165, 1.54) is 62.0 Å². The molecule has 3 heterocycles. The van der Waals surface area contributed by atoms with Gasteiger partial charge in [0, 0.05) is 27.9 Å². The van der Waals surface area contributed by atoms with E-state index in [9.17, 15) is 0 Å². The highest BCUT2D eigenvalue weighted by Gasteiger charge is 2.45. The maximum absolute atomic E-state index is 2.55. The van der Waals surface area contributed by atoms with Crippen molar-refractivity contribution in [3.8, 4) is 0 Å². The maximum Gasteiger partial charge on any atom is 0.0543 e. The number of benzene rings is 4. The molecule has 4 aromatic carbocycles. The topological polar surface area (TPSA) is 6.48 Å². The minimum atomic E-state index is -0.134. The fraction of sp³-hybridized carbons (Fsp3) is 0.243. The van der Waals surface area contributed by atoms with Crippen molar-refractivity contribution in [2.24, 2.45) is 0 Å². The summed E-state index contributed by atoms with van der Waals surface area (Å²) in [6, 6.07) is 32.1. The van der Waals surface area contributed by atoms with Gasteiger partial charge in [0.05, 0.1) is 17.1 Å². The molecule has 2 heteroatoms. The molecule has 4 aromatic rings. The van der Waals surface area contributed by atoms with Gasteiger partial charge in [-0.3, -0.25) is 0 Å². The summed E-state index contributed by atoms with van der Waals surface area (Å²) in [5.74, 6) is 0. The van der Waals surface area contributed by atoms with Crippen LogP contribution in [0.15, 0.2) is 108 Å². The summed E-state index contributed by atoms with van der Waals surface area (Å²) in [5.41, 5.74) is 16.3. The van der Waals surface area contributed by atoms with Crippen molar-refractivity contribution in [3.63, 3.8) is 0 Å². The van der Waals surface area contributed by atoms with Crippen LogP contribution in [0, 0.1) is 0 Å². The van der Waals surface area contributed by atoms with E-state index in [-0.39, 0.29) is 10.8 Å². The Bertz CT molecular complexity index is 1750. The Balaban J connectivity index is 1.38. The average Bonchev–Trinajstić information content (AvgIpc) is 2.95. The van der Waals surface area contributed by atoms with E-state index in [1.807, 2.05) is 0 Å². The zero-order valence-corrected chi connectivity index (χ0v) is 23.3. The van der Waals surface area contributed by atoms with E-state index >= 15 is 0 Å². The second-order valence-corrected chi connectivity index (χ2v) is 12.6. The second-order valence-electron chi connectivity index (χ2n) is 12.6. The van der Waals surface area contributed by atoms with Crippen LogP contribution in [0.1, 0.15) is 68.4 Å². The van der Waals surface area contributed by atoms with Crippen LogP contribution in [-0.2, 0) is 17.3 Å². The number of para-hydroxylation sites is 3. The Hall–Kier alpha value is -4.04. The fourth-order valence-electron chi connectivity index (χ4n) is 7.64. The minimum Gasteiger partial charge on any atom is -0.310 e. The van der Waals surface area contributed by atoms with E-state index in [4.69, 9.17) is 0 Å². The molecule has 0 aromatic heterocycles. The Kier molecular flexibility index (Phi) is 4.56. The van der Waals surface area contributed by atoms with Crippen LogP contribution in [0.3, 0.4) is 0 Å². The summed E-state index contributed by atoms with van der Waals surface area (Å²) in [4.78, 5) is 5.06. The van der Waals surface area contributed by atoms with Gasteiger partial charge in [-0.15, -0.1) is 0 Å². The third-order valence-electron chi connectivity index (χ3n) is 9.71. The summed E-state index contributed by atoms with van der Waals surface area (Å²) >= 11 is 0. The first-order valence-electron chi connectivity index (χ1n) is 14.3. The van der Waals surface area contributed by atoms with E-state index in [0.29, 0.717) is 0 Å². The van der Waals surface area contributed by atoms with E-state index in [2.05, 4.69) is 135 Å². The number of allylic oxidation sites excluding steroid dienone is 3. The molecule has 0 fully saturated rings. The molecule has 0 unspecified atom stereocenters. The van der Waals surface area contributed by atoms with Gasteiger partial charge >= 0.3 is 0 Å². The van der Waals surface area contributed by atoms with Gasteiger partial charge in [-0.1, -0.05) is 88.4 Å². The van der Waals surface area contributed by atoms with Crippen molar-refractivity contribution in [3.05, 3.63) is 136 Å². The molecule has 0 atom stereocenters. The van der Waals surface area contributed by atoms with Gasteiger partial charge in [-0.2, -0.15) is 0 Å². The Morgan fingerprint density at radius 1 is 0.615 bits per heavy atom. The molecule has 0 spiro atoms. The number of rotatable bonds is 1. The molecule has 0 radical (unpaired) electrons. The molecule has 192 valence electrons. The molecule has 0 saturated heterocycles. The number of fused-ring (bicyclic) bond motifs is 5. The Morgan fingerprint density at radius 2 is 1.28 bits per heavy atom. The second kappa shape index (κ2) is 7.76. The first-order valence-corrected chi connectivity index (χ1v) is 14.3. The van der Waals surface area contributed by atoms with Crippen LogP contribution in [0.4, 0.5) is 28.4 Å². The first-order chi connectivity index (χ1) is 18.9. The van der Waals surface area contributed by atoms with Crippen LogP contribution >= 0.6 is 0 Å².